The van der Waals surface area contributed by atoms with E-state index in [-0.39, 0.29) is 124 Å². The molecule has 0 radical (unpaired) electrons. The zero-order valence-electron chi connectivity index (χ0n) is 42.9. The Morgan fingerprint density at radius 1 is 0.411 bits per heavy atom. The SMILES string of the molecule is CC(C)(C)OC(=O)CC(C(=O)OCc1ccccc1)N1CCN(C(CCN)C(=O)OCc2ccccc2)CCN(C(CCN)C(=O)OCc2ccccc2)CCN(C(CCN)C(=O)OCc2ccccc2)CC1. The predicted molar refractivity (Wildman–Crippen MR) is 278 cm³/mol. The van der Waals surface area contributed by atoms with E-state index in [1.54, 1.807) is 20.8 Å². The number of nitrogens with two attached hydrogens (primary N) is 3. The second kappa shape index (κ2) is 30.9. The molecule has 4 aromatic rings. The number of esters is 5. The van der Waals surface area contributed by atoms with Gasteiger partial charge in [-0.25, -0.2) is 0 Å². The number of hydrogen-bond acceptors (Lipinski definition) is 17. The normalized spacial score (nSPS) is 16.4. The van der Waals surface area contributed by atoms with Gasteiger partial charge in [0.15, 0.2) is 0 Å². The minimum atomic E-state index is -1.15. The Kier molecular flexibility index (Phi) is 24.5. The van der Waals surface area contributed by atoms with Gasteiger partial charge in [0.2, 0.25) is 0 Å². The molecule has 5 rings (SSSR count). The topological polar surface area (TPSA) is 223 Å². The van der Waals surface area contributed by atoms with E-state index in [1.165, 1.54) is 0 Å². The number of carbonyl (C=O) groups excluding carboxylic acids is 5. The highest BCUT2D eigenvalue weighted by Crippen LogP contribution is 2.20. The third kappa shape index (κ3) is 20.1. The Balaban J connectivity index is 1.56. The van der Waals surface area contributed by atoms with Crippen LogP contribution in [0.3, 0.4) is 0 Å². The minimum Gasteiger partial charge on any atom is -0.460 e. The molecule has 1 fully saturated rings. The number of hydrogen-bond donors (Lipinski definition) is 3. The van der Waals surface area contributed by atoms with Crippen molar-refractivity contribution in [1.82, 2.24) is 19.6 Å². The van der Waals surface area contributed by atoms with Crippen LogP contribution in [0.2, 0.25) is 0 Å². The lowest BCUT2D eigenvalue weighted by Gasteiger charge is -2.40. The molecule has 0 saturated carbocycles. The summed E-state index contributed by atoms with van der Waals surface area (Å²) in [6, 6.07) is 33.8. The molecule has 17 heteroatoms. The van der Waals surface area contributed by atoms with E-state index in [2.05, 4.69) is 0 Å². The van der Waals surface area contributed by atoms with Gasteiger partial charge >= 0.3 is 29.8 Å². The largest absolute Gasteiger partial charge is 0.460 e. The third-order valence-corrected chi connectivity index (χ3v) is 12.5. The average molecular weight is 1010 g/mol. The highest BCUT2D eigenvalue weighted by Gasteiger charge is 2.37. The smallest absolute Gasteiger partial charge is 0.324 e. The fourth-order valence-corrected chi connectivity index (χ4v) is 8.75. The van der Waals surface area contributed by atoms with Crippen LogP contribution in [0.5, 0.6) is 0 Å². The monoisotopic (exact) mass is 1010 g/mol. The summed E-state index contributed by atoms with van der Waals surface area (Å²) in [7, 11) is 0. The molecule has 1 aliphatic rings. The Morgan fingerprint density at radius 2 is 0.644 bits per heavy atom. The lowest BCUT2D eigenvalue weighted by molar-refractivity contribution is -0.163. The van der Waals surface area contributed by atoms with Gasteiger partial charge in [-0.1, -0.05) is 121 Å². The standard InChI is InChI=1S/C56H77N7O10/c1-56(2,3)73-51(64)38-50(55(68)72-42-46-22-14-7-15-23-46)63-36-34-61(48(25-28-58)53(66)70-40-44-18-10-5-11-19-44)32-30-60(47(24-27-57)52(65)69-39-43-16-8-4-9-17-43)31-33-62(35-37-63)49(26-29-59)54(67)71-41-45-20-12-6-13-21-45/h4-23,47-50H,24-42,57-59H2,1-3H3. The van der Waals surface area contributed by atoms with Crippen LogP contribution in [0.25, 0.3) is 0 Å². The van der Waals surface area contributed by atoms with E-state index < -0.39 is 59.6 Å². The molecule has 4 unspecified atom stereocenters. The molecule has 1 heterocycles. The van der Waals surface area contributed by atoms with E-state index in [1.807, 2.05) is 141 Å². The molecule has 6 N–H and O–H groups in total. The highest BCUT2D eigenvalue weighted by molar-refractivity contribution is 5.83. The van der Waals surface area contributed by atoms with Crippen molar-refractivity contribution in [2.75, 3.05) is 72.0 Å². The van der Waals surface area contributed by atoms with Crippen molar-refractivity contribution < 1.29 is 47.7 Å². The summed E-state index contributed by atoms with van der Waals surface area (Å²) < 4.78 is 29.7. The maximum atomic E-state index is 14.5. The fourth-order valence-electron chi connectivity index (χ4n) is 8.75. The number of ether oxygens (including phenoxy) is 5. The summed E-state index contributed by atoms with van der Waals surface area (Å²) in [5, 5.41) is 0. The highest BCUT2D eigenvalue weighted by atomic mass is 16.6. The Bertz CT molecular complexity index is 2170. The van der Waals surface area contributed by atoms with E-state index in [0.717, 1.165) is 22.3 Å². The summed E-state index contributed by atoms with van der Waals surface area (Å²) >= 11 is 0. The fraction of sp³-hybridized carbons (Fsp3) is 0.482. The summed E-state index contributed by atoms with van der Waals surface area (Å²) in [6.07, 6.45) is 0.384. The van der Waals surface area contributed by atoms with Gasteiger partial charge in [-0.15, -0.1) is 0 Å². The lowest BCUT2D eigenvalue weighted by atomic mass is 10.1. The Morgan fingerprint density at radius 3 is 0.877 bits per heavy atom. The van der Waals surface area contributed by atoms with Gasteiger partial charge in [0.25, 0.3) is 0 Å². The Hall–Kier alpha value is -6.05. The van der Waals surface area contributed by atoms with Gasteiger partial charge in [0.1, 0.15) is 56.2 Å². The van der Waals surface area contributed by atoms with E-state index in [0.29, 0.717) is 0 Å². The molecular formula is C56H77N7O10. The minimum absolute atomic E-state index is 0.0392. The maximum Gasteiger partial charge on any atom is 0.324 e. The first-order valence-electron chi connectivity index (χ1n) is 25.4. The van der Waals surface area contributed by atoms with Gasteiger partial charge in [-0.2, -0.15) is 0 Å². The van der Waals surface area contributed by atoms with Crippen molar-refractivity contribution in [3.8, 4) is 0 Å². The maximum absolute atomic E-state index is 14.5. The van der Waals surface area contributed by atoms with Gasteiger partial charge in [0, 0.05) is 52.4 Å². The van der Waals surface area contributed by atoms with Crippen molar-refractivity contribution in [2.24, 2.45) is 17.2 Å². The molecule has 1 saturated heterocycles. The number of nitrogens with zero attached hydrogens (tertiary/aromatic N) is 4. The first-order chi connectivity index (χ1) is 35.3. The van der Waals surface area contributed by atoms with E-state index in [9.17, 15) is 24.0 Å². The van der Waals surface area contributed by atoms with Gasteiger partial charge in [-0.3, -0.25) is 43.6 Å². The third-order valence-electron chi connectivity index (χ3n) is 12.5. The second-order valence-corrected chi connectivity index (χ2v) is 19.1. The van der Waals surface area contributed by atoms with Crippen LogP contribution in [0.4, 0.5) is 0 Å². The molecule has 0 bridgehead atoms. The zero-order valence-corrected chi connectivity index (χ0v) is 42.9. The van der Waals surface area contributed by atoms with Crippen molar-refractivity contribution in [3.05, 3.63) is 144 Å². The summed E-state index contributed by atoms with van der Waals surface area (Å²) in [6.45, 7) is 7.43. The van der Waals surface area contributed by atoms with Crippen LogP contribution >= 0.6 is 0 Å². The van der Waals surface area contributed by atoms with Gasteiger partial charge < -0.3 is 40.9 Å². The second-order valence-electron chi connectivity index (χ2n) is 19.1. The molecule has 0 aromatic heterocycles. The first kappa shape index (κ1) is 57.8. The quantitative estimate of drug-likeness (QED) is 0.0652. The number of rotatable bonds is 24. The van der Waals surface area contributed by atoms with E-state index in [4.69, 9.17) is 40.9 Å². The van der Waals surface area contributed by atoms with Crippen molar-refractivity contribution >= 4 is 29.8 Å². The molecular weight excluding hydrogens is 931 g/mol. The molecule has 0 spiro atoms. The molecule has 73 heavy (non-hydrogen) atoms. The molecule has 396 valence electrons. The molecule has 17 nitrogen and oxygen atoms in total. The lowest BCUT2D eigenvalue weighted by Crippen LogP contribution is -2.57. The molecule has 1 aliphatic heterocycles. The van der Waals surface area contributed by atoms with Crippen LogP contribution in [0.15, 0.2) is 121 Å². The van der Waals surface area contributed by atoms with Crippen molar-refractivity contribution in [2.45, 2.75) is 103 Å². The summed E-state index contributed by atoms with van der Waals surface area (Å²) in [4.78, 5) is 79.0. The Labute approximate surface area is 431 Å². The van der Waals surface area contributed by atoms with Crippen LogP contribution in [-0.4, -0.2) is 151 Å². The molecule has 4 aromatic carbocycles. The van der Waals surface area contributed by atoms with Crippen LogP contribution in [-0.2, 0) is 74.1 Å². The van der Waals surface area contributed by atoms with Gasteiger partial charge in [0.05, 0.1) is 6.42 Å². The molecule has 0 amide bonds. The molecule has 0 aliphatic carbocycles. The average Bonchev–Trinajstić information content (AvgIpc) is 3.39. The zero-order chi connectivity index (χ0) is 52.4. The first-order valence-corrected chi connectivity index (χ1v) is 25.4. The van der Waals surface area contributed by atoms with Crippen molar-refractivity contribution in [1.29, 1.82) is 0 Å². The summed E-state index contributed by atoms with van der Waals surface area (Å²) in [5.74, 6) is -2.70. The van der Waals surface area contributed by atoms with Gasteiger partial charge in [-0.05, 0) is 81.9 Å². The van der Waals surface area contributed by atoms with E-state index >= 15 is 0 Å². The van der Waals surface area contributed by atoms with Crippen LogP contribution in [0, 0.1) is 0 Å². The molecule has 4 atom stereocenters. The summed E-state index contributed by atoms with van der Waals surface area (Å²) in [5.41, 5.74) is 21.1. The number of carbonyl (C=O) groups is 5. The predicted octanol–water partition coefficient (Wildman–Crippen LogP) is 4.43. The van der Waals surface area contributed by atoms with Crippen molar-refractivity contribution in [3.63, 3.8) is 0 Å². The van der Waals surface area contributed by atoms with Crippen LogP contribution < -0.4 is 17.2 Å². The number of benzene rings is 4. The van der Waals surface area contributed by atoms with Crippen LogP contribution in [0.1, 0.15) is 68.7 Å².